The summed E-state index contributed by atoms with van der Waals surface area (Å²) in [6, 6.07) is 11.7. The molecule has 0 spiro atoms. The predicted octanol–water partition coefficient (Wildman–Crippen LogP) is 3.42. The van der Waals surface area contributed by atoms with Crippen molar-refractivity contribution in [3.05, 3.63) is 65.5 Å². The molecule has 0 aliphatic carbocycles. The minimum Gasteiger partial charge on any atom is -0.324 e. The van der Waals surface area contributed by atoms with E-state index in [1.54, 1.807) is 24.3 Å². The molecule has 1 N–H and O–H groups in total. The van der Waals surface area contributed by atoms with E-state index in [2.05, 4.69) is 20.8 Å². The largest absolute Gasteiger partial charge is 0.416 e. The lowest BCUT2D eigenvalue weighted by molar-refractivity contribution is -0.137. The van der Waals surface area contributed by atoms with Crippen molar-refractivity contribution in [2.75, 3.05) is 5.32 Å². The van der Waals surface area contributed by atoms with Gasteiger partial charge < -0.3 is 5.32 Å². The number of rotatable bonds is 5. The molecule has 3 rings (SSSR count). The SMILES string of the molecule is CCc1nnnn1-c1ccccc1NC(=O)Cc1cccc(C(F)(F)F)c1. The number of para-hydroxylation sites is 2. The number of alkyl halides is 3. The van der Waals surface area contributed by atoms with E-state index in [1.807, 2.05) is 6.92 Å². The van der Waals surface area contributed by atoms with E-state index in [0.717, 1.165) is 12.1 Å². The first-order chi connectivity index (χ1) is 12.9. The lowest BCUT2D eigenvalue weighted by atomic mass is 10.1. The molecule has 0 bridgehead atoms. The summed E-state index contributed by atoms with van der Waals surface area (Å²) < 4.78 is 39.9. The number of carbonyl (C=O) groups excluding carboxylic acids is 1. The number of anilines is 1. The van der Waals surface area contributed by atoms with Crippen molar-refractivity contribution < 1.29 is 18.0 Å². The first kappa shape index (κ1) is 18.6. The van der Waals surface area contributed by atoms with Gasteiger partial charge in [0.05, 0.1) is 23.4 Å². The van der Waals surface area contributed by atoms with Gasteiger partial charge in [-0.3, -0.25) is 4.79 Å². The average molecular weight is 375 g/mol. The number of tetrazole rings is 1. The van der Waals surface area contributed by atoms with Crippen LogP contribution in [-0.4, -0.2) is 26.1 Å². The fourth-order valence-corrected chi connectivity index (χ4v) is 2.61. The Kier molecular flexibility index (Phi) is 5.20. The van der Waals surface area contributed by atoms with Crippen molar-refractivity contribution in [3.63, 3.8) is 0 Å². The Bertz CT molecular complexity index is 952. The molecule has 0 aliphatic rings. The van der Waals surface area contributed by atoms with Crippen LogP contribution in [0, 0.1) is 0 Å². The number of hydrogen-bond acceptors (Lipinski definition) is 4. The van der Waals surface area contributed by atoms with Crippen molar-refractivity contribution in [1.29, 1.82) is 0 Å². The van der Waals surface area contributed by atoms with Gasteiger partial charge in [0.1, 0.15) is 0 Å². The predicted molar refractivity (Wildman–Crippen MR) is 92.3 cm³/mol. The summed E-state index contributed by atoms with van der Waals surface area (Å²) in [5, 5.41) is 14.2. The van der Waals surface area contributed by atoms with Gasteiger partial charge in [0.25, 0.3) is 0 Å². The van der Waals surface area contributed by atoms with E-state index in [9.17, 15) is 18.0 Å². The molecule has 0 radical (unpaired) electrons. The third-order valence-electron chi connectivity index (χ3n) is 3.88. The maximum Gasteiger partial charge on any atom is 0.416 e. The van der Waals surface area contributed by atoms with Gasteiger partial charge in [-0.05, 0) is 34.2 Å². The number of aryl methyl sites for hydroxylation is 1. The van der Waals surface area contributed by atoms with Crippen molar-refractivity contribution in [2.45, 2.75) is 25.9 Å². The summed E-state index contributed by atoms with van der Waals surface area (Å²) in [5.41, 5.74) is 0.541. The maximum atomic E-state index is 12.8. The average Bonchev–Trinajstić information content (AvgIpc) is 3.10. The lowest BCUT2D eigenvalue weighted by Gasteiger charge is -2.12. The van der Waals surface area contributed by atoms with Gasteiger partial charge in [-0.15, -0.1) is 5.10 Å². The second-order valence-electron chi connectivity index (χ2n) is 5.80. The Balaban J connectivity index is 1.80. The van der Waals surface area contributed by atoms with Crippen LogP contribution in [-0.2, 0) is 23.8 Å². The zero-order valence-corrected chi connectivity index (χ0v) is 14.4. The highest BCUT2D eigenvalue weighted by Gasteiger charge is 2.30. The lowest BCUT2D eigenvalue weighted by Crippen LogP contribution is -2.17. The number of aromatic nitrogens is 4. The third-order valence-corrected chi connectivity index (χ3v) is 3.88. The van der Waals surface area contributed by atoms with Gasteiger partial charge in [-0.1, -0.05) is 37.3 Å². The van der Waals surface area contributed by atoms with Gasteiger partial charge in [0, 0.05) is 6.42 Å². The van der Waals surface area contributed by atoms with E-state index < -0.39 is 17.6 Å². The molecule has 0 aliphatic heterocycles. The van der Waals surface area contributed by atoms with Crippen LogP contribution in [0.1, 0.15) is 23.9 Å². The van der Waals surface area contributed by atoms with Crippen LogP contribution >= 0.6 is 0 Å². The summed E-state index contributed by atoms with van der Waals surface area (Å²) in [4.78, 5) is 12.4. The molecule has 9 heteroatoms. The monoisotopic (exact) mass is 375 g/mol. The Hall–Kier alpha value is -3.23. The zero-order valence-electron chi connectivity index (χ0n) is 14.4. The highest BCUT2D eigenvalue weighted by Crippen LogP contribution is 2.29. The quantitative estimate of drug-likeness (QED) is 0.742. The van der Waals surface area contributed by atoms with Crippen LogP contribution in [0.2, 0.25) is 0 Å². The van der Waals surface area contributed by atoms with Crippen LogP contribution in [0.4, 0.5) is 18.9 Å². The third kappa shape index (κ3) is 4.30. The molecule has 140 valence electrons. The summed E-state index contributed by atoms with van der Waals surface area (Å²) in [7, 11) is 0. The molecule has 1 aromatic heterocycles. The second-order valence-corrected chi connectivity index (χ2v) is 5.80. The first-order valence-corrected chi connectivity index (χ1v) is 8.21. The number of carbonyl (C=O) groups is 1. The Morgan fingerprint density at radius 2 is 1.93 bits per heavy atom. The number of halogens is 3. The molecule has 1 amide bonds. The second kappa shape index (κ2) is 7.56. The summed E-state index contributed by atoms with van der Waals surface area (Å²) >= 11 is 0. The number of amides is 1. The molecule has 2 aromatic carbocycles. The molecule has 0 fully saturated rings. The highest BCUT2D eigenvalue weighted by atomic mass is 19.4. The topological polar surface area (TPSA) is 72.7 Å². The van der Waals surface area contributed by atoms with Crippen LogP contribution in [0.3, 0.4) is 0 Å². The summed E-state index contributed by atoms with van der Waals surface area (Å²) in [6.45, 7) is 1.90. The van der Waals surface area contributed by atoms with E-state index in [4.69, 9.17) is 0 Å². The summed E-state index contributed by atoms with van der Waals surface area (Å²) in [5.74, 6) is 0.183. The van der Waals surface area contributed by atoms with Gasteiger partial charge in [-0.25, -0.2) is 0 Å². The number of nitrogens with zero attached hydrogens (tertiary/aromatic N) is 4. The molecule has 1 heterocycles. The Morgan fingerprint density at radius 3 is 2.67 bits per heavy atom. The molecule has 27 heavy (non-hydrogen) atoms. The fourth-order valence-electron chi connectivity index (χ4n) is 2.61. The zero-order chi connectivity index (χ0) is 19.4. The van der Waals surface area contributed by atoms with Gasteiger partial charge in [0.2, 0.25) is 5.91 Å². The molecule has 0 saturated carbocycles. The number of benzene rings is 2. The fraction of sp³-hybridized carbons (Fsp3) is 0.222. The molecule has 3 aromatic rings. The molecular weight excluding hydrogens is 359 g/mol. The van der Waals surface area contributed by atoms with Crippen LogP contribution in [0.25, 0.3) is 5.69 Å². The first-order valence-electron chi connectivity index (χ1n) is 8.21. The molecule has 6 nitrogen and oxygen atoms in total. The van der Waals surface area contributed by atoms with Crippen LogP contribution in [0.15, 0.2) is 48.5 Å². The van der Waals surface area contributed by atoms with Gasteiger partial charge >= 0.3 is 6.18 Å². The number of hydrogen-bond donors (Lipinski definition) is 1. The standard InChI is InChI=1S/C18H16F3N5O/c1-2-16-23-24-25-26(16)15-9-4-3-8-14(15)22-17(27)11-12-6-5-7-13(10-12)18(19,20)21/h3-10H,2,11H2,1H3,(H,22,27). The van der Waals surface area contributed by atoms with E-state index >= 15 is 0 Å². The van der Waals surface area contributed by atoms with Crippen LogP contribution < -0.4 is 5.32 Å². The van der Waals surface area contributed by atoms with Gasteiger partial charge in [0.15, 0.2) is 5.82 Å². The smallest absolute Gasteiger partial charge is 0.324 e. The van der Waals surface area contributed by atoms with Crippen molar-refractivity contribution in [1.82, 2.24) is 20.2 Å². The van der Waals surface area contributed by atoms with Gasteiger partial charge in [-0.2, -0.15) is 17.9 Å². The normalized spacial score (nSPS) is 11.4. The summed E-state index contributed by atoms with van der Waals surface area (Å²) in [6.07, 6.45) is -4.04. The van der Waals surface area contributed by atoms with Crippen molar-refractivity contribution >= 4 is 11.6 Å². The molecule has 0 saturated heterocycles. The highest BCUT2D eigenvalue weighted by molar-refractivity contribution is 5.94. The van der Waals surface area contributed by atoms with Crippen molar-refractivity contribution in [3.8, 4) is 5.69 Å². The molecule has 0 atom stereocenters. The number of nitrogens with one attached hydrogen (secondary N) is 1. The van der Waals surface area contributed by atoms with Crippen LogP contribution in [0.5, 0.6) is 0 Å². The molecule has 0 unspecified atom stereocenters. The maximum absolute atomic E-state index is 12.8. The minimum atomic E-state index is -4.45. The molecular formula is C18H16F3N5O. The van der Waals surface area contributed by atoms with E-state index in [1.165, 1.54) is 16.8 Å². The Morgan fingerprint density at radius 1 is 1.15 bits per heavy atom. The minimum absolute atomic E-state index is 0.186. The van der Waals surface area contributed by atoms with E-state index in [-0.39, 0.29) is 12.0 Å². The van der Waals surface area contributed by atoms with E-state index in [0.29, 0.717) is 23.6 Å². The van der Waals surface area contributed by atoms with Crippen molar-refractivity contribution in [2.24, 2.45) is 0 Å². The Labute approximate surface area is 153 Å².